The molecule has 1 aliphatic rings. The largest absolute Gasteiger partial charge is 0.488 e. The number of ketones is 1. The fourth-order valence-corrected chi connectivity index (χ4v) is 2.61. The number of carboxylic acid groups (broad SMARTS) is 1. The molecule has 0 saturated heterocycles. The van der Waals surface area contributed by atoms with Crippen LogP contribution in [0.1, 0.15) is 34.0 Å². The first-order valence-electron chi connectivity index (χ1n) is 7.76. The highest BCUT2D eigenvalue weighted by atomic mass is 16.6. The number of benzene rings is 2. The maximum Gasteiger partial charge on any atom is 0.344 e. The van der Waals surface area contributed by atoms with Crippen molar-refractivity contribution in [2.75, 3.05) is 0 Å². The lowest BCUT2D eigenvalue weighted by molar-refractivity contribution is -0.162. The number of carbonyl (C=O) groups is 3. The molecule has 2 aromatic rings. The fraction of sp³-hybridized carbons (Fsp3) is 0.211. The summed E-state index contributed by atoms with van der Waals surface area (Å²) < 4.78 is 10.5. The van der Waals surface area contributed by atoms with E-state index in [0.717, 1.165) is 5.56 Å². The lowest BCUT2D eigenvalue weighted by Crippen LogP contribution is -2.24. The van der Waals surface area contributed by atoms with E-state index in [1.54, 1.807) is 30.3 Å². The van der Waals surface area contributed by atoms with Crippen molar-refractivity contribution < 1.29 is 29.0 Å². The zero-order valence-electron chi connectivity index (χ0n) is 13.5. The third kappa shape index (κ3) is 3.52. The van der Waals surface area contributed by atoms with E-state index in [1.807, 2.05) is 12.1 Å². The smallest absolute Gasteiger partial charge is 0.344 e. The van der Waals surface area contributed by atoms with Gasteiger partial charge in [-0.15, -0.1) is 0 Å². The van der Waals surface area contributed by atoms with Crippen LogP contribution in [0.4, 0.5) is 0 Å². The summed E-state index contributed by atoms with van der Waals surface area (Å²) >= 11 is 0. The summed E-state index contributed by atoms with van der Waals surface area (Å²) in [4.78, 5) is 35.3. The van der Waals surface area contributed by atoms with Crippen LogP contribution in [0, 0.1) is 0 Å². The van der Waals surface area contributed by atoms with Gasteiger partial charge in [-0.25, -0.2) is 4.79 Å². The van der Waals surface area contributed by atoms with Crippen LogP contribution in [-0.4, -0.2) is 28.9 Å². The molecular formula is C19H16O6. The standard InChI is InChI=1S/C19H16O6/c1-11(19(22)23)25-17(20)9-12-6-7-16-15(8-12)18(21)14-5-3-2-4-13(14)10-24-16/h2-8,11H,9-10H2,1H3,(H,22,23). The number of hydrogen-bond donors (Lipinski definition) is 1. The van der Waals surface area contributed by atoms with Gasteiger partial charge in [0.25, 0.3) is 0 Å². The van der Waals surface area contributed by atoms with Gasteiger partial charge in [0, 0.05) is 11.1 Å². The second kappa shape index (κ2) is 6.76. The lowest BCUT2D eigenvalue weighted by atomic mass is 9.97. The molecule has 1 unspecified atom stereocenters. The van der Waals surface area contributed by atoms with Crippen LogP contribution in [-0.2, 0) is 27.4 Å². The van der Waals surface area contributed by atoms with Gasteiger partial charge in [0.1, 0.15) is 12.4 Å². The van der Waals surface area contributed by atoms with E-state index in [4.69, 9.17) is 14.6 Å². The van der Waals surface area contributed by atoms with Crippen molar-refractivity contribution >= 4 is 17.7 Å². The Morgan fingerprint density at radius 1 is 1.20 bits per heavy atom. The van der Waals surface area contributed by atoms with Gasteiger partial charge in [0.2, 0.25) is 0 Å². The van der Waals surface area contributed by atoms with E-state index in [-0.39, 0.29) is 12.2 Å². The molecule has 0 aromatic heterocycles. The van der Waals surface area contributed by atoms with Crippen LogP contribution in [0.25, 0.3) is 0 Å². The maximum atomic E-state index is 12.8. The van der Waals surface area contributed by atoms with Crippen molar-refractivity contribution in [1.29, 1.82) is 0 Å². The van der Waals surface area contributed by atoms with Crippen LogP contribution in [0.3, 0.4) is 0 Å². The highest BCUT2D eigenvalue weighted by Crippen LogP contribution is 2.29. The molecular weight excluding hydrogens is 324 g/mol. The molecule has 6 nitrogen and oxygen atoms in total. The Bertz CT molecular complexity index is 855. The fourth-order valence-electron chi connectivity index (χ4n) is 2.61. The molecule has 1 heterocycles. The van der Waals surface area contributed by atoms with Crippen molar-refractivity contribution in [2.24, 2.45) is 0 Å². The minimum absolute atomic E-state index is 0.125. The minimum Gasteiger partial charge on any atom is -0.488 e. The third-order valence-electron chi connectivity index (χ3n) is 3.94. The Morgan fingerprint density at radius 2 is 1.96 bits per heavy atom. The SMILES string of the molecule is CC(OC(=O)Cc1ccc2c(c1)C(=O)c1ccccc1CO2)C(=O)O. The number of aliphatic carboxylic acids is 1. The summed E-state index contributed by atoms with van der Waals surface area (Å²) in [6.07, 6.45) is -1.34. The van der Waals surface area contributed by atoms with Crippen molar-refractivity contribution in [3.8, 4) is 5.75 Å². The quantitative estimate of drug-likeness (QED) is 0.860. The van der Waals surface area contributed by atoms with Crippen molar-refractivity contribution in [3.05, 3.63) is 64.7 Å². The molecule has 0 amide bonds. The highest BCUT2D eigenvalue weighted by Gasteiger charge is 2.23. The molecule has 3 rings (SSSR count). The van der Waals surface area contributed by atoms with Gasteiger partial charge in [0.05, 0.1) is 12.0 Å². The van der Waals surface area contributed by atoms with Crippen LogP contribution < -0.4 is 4.74 Å². The molecule has 1 N–H and O–H groups in total. The van der Waals surface area contributed by atoms with Gasteiger partial charge in [-0.2, -0.15) is 0 Å². The molecule has 0 aliphatic carbocycles. The number of esters is 1. The first kappa shape index (κ1) is 16.7. The van der Waals surface area contributed by atoms with Crippen LogP contribution in [0.2, 0.25) is 0 Å². The van der Waals surface area contributed by atoms with Crippen molar-refractivity contribution in [1.82, 2.24) is 0 Å². The molecule has 0 spiro atoms. The first-order chi connectivity index (χ1) is 12.0. The van der Waals surface area contributed by atoms with Gasteiger partial charge in [-0.3, -0.25) is 9.59 Å². The molecule has 1 aliphatic heterocycles. The number of carboxylic acids is 1. The Labute approximate surface area is 144 Å². The highest BCUT2D eigenvalue weighted by molar-refractivity contribution is 6.12. The van der Waals surface area contributed by atoms with Gasteiger partial charge in [-0.1, -0.05) is 30.3 Å². The monoisotopic (exact) mass is 340 g/mol. The Hall–Kier alpha value is -3.15. The number of carbonyl (C=O) groups excluding carboxylic acids is 2. The van der Waals surface area contributed by atoms with E-state index in [9.17, 15) is 14.4 Å². The minimum atomic E-state index is -1.22. The summed E-state index contributed by atoms with van der Waals surface area (Å²) in [5, 5.41) is 8.78. The van der Waals surface area contributed by atoms with E-state index >= 15 is 0 Å². The zero-order chi connectivity index (χ0) is 18.0. The van der Waals surface area contributed by atoms with E-state index < -0.39 is 18.0 Å². The molecule has 0 bridgehead atoms. The summed E-state index contributed by atoms with van der Waals surface area (Å²) in [6, 6.07) is 12.1. The summed E-state index contributed by atoms with van der Waals surface area (Å²) in [5.41, 5.74) is 2.31. The molecule has 1 atom stereocenters. The van der Waals surface area contributed by atoms with Crippen LogP contribution in [0.5, 0.6) is 5.75 Å². The molecule has 0 radical (unpaired) electrons. The second-order valence-corrected chi connectivity index (χ2v) is 5.75. The predicted molar refractivity (Wildman–Crippen MR) is 87.5 cm³/mol. The molecule has 25 heavy (non-hydrogen) atoms. The Kier molecular flexibility index (Phi) is 4.52. The average Bonchev–Trinajstić information content (AvgIpc) is 2.72. The first-order valence-corrected chi connectivity index (χ1v) is 7.76. The van der Waals surface area contributed by atoms with Crippen LogP contribution >= 0.6 is 0 Å². The predicted octanol–water partition coefficient (Wildman–Crippen LogP) is 2.37. The molecule has 2 aromatic carbocycles. The Balaban J connectivity index is 1.84. The molecule has 128 valence electrons. The normalized spacial score (nSPS) is 13.7. The van der Waals surface area contributed by atoms with Gasteiger partial charge in [0.15, 0.2) is 11.9 Å². The number of hydrogen-bond acceptors (Lipinski definition) is 5. The summed E-state index contributed by atoms with van der Waals surface area (Å²) in [6.45, 7) is 1.58. The summed E-state index contributed by atoms with van der Waals surface area (Å²) in [5.74, 6) is -1.60. The Morgan fingerprint density at radius 3 is 2.72 bits per heavy atom. The number of ether oxygens (including phenoxy) is 2. The van der Waals surface area contributed by atoms with Crippen molar-refractivity contribution in [2.45, 2.75) is 26.1 Å². The number of fused-ring (bicyclic) bond motifs is 2. The zero-order valence-corrected chi connectivity index (χ0v) is 13.5. The van der Waals surface area contributed by atoms with E-state index in [2.05, 4.69) is 0 Å². The number of rotatable bonds is 4. The molecule has 0 saturated carbocycles. The van der Waals surface area contributed by atoms with E-state index in [1.165, 1.54) is 6.92 Å². The van der Waals surface area contributed by atoms with Gasteiger partial charge >= 0.3 is 11.9 Å². The average molecular weight is 340 g/mol. The van der Waals surface area contributed by atoms with Gasteiger partial charge < -0.3 is 14.6 Å². The molecule has 6 heteroatoms. The summed E-state index contributed by atoms with van der Waals surface area (Å²) in [7, 11) is 0. The second-order valence-electron chi connectivity index (χ2n) is 5.75. The third-order valence-corrected chi connectivity index (χ3v) is 3.94. The molecule has 0 fully saturated rings. The van der Waals surface area contributed by atoms with E-state index in [0.29, 0.717) is 29.0 Å². The van der Waals surface area contributed by atoms with Crippen molar-refractivity contribution in [3.63, 3.8) is 0 Å². The lowest BCUT2D eigenvalue weighted by Gasteiger charge is -2.10. The maximum absolute atomic E-state index is 12.8. The topological polar surface area (TPSA) is 89.9 Å². The van der Waals surface area contributed by atoms with Crippen LogP contribution in [0.15, 0.2) is 42.5 Å². The van der Waals surface area contributed by atoms with Gasteiger partial charge in [-0.05, 0) is 24.6 Å².